The molecule has 4 heteroatoms. The van der Waals surface area contributed by atoms with Gasteiger partial charge in [-0.2, -0.15) is 0 Å². The maximum absolute atomic E-state index is 12.8. The topological polar surface area (TPSA) is 72.2 Å². The molecule has 3 N–H and O–H groups in total. The monoisotopic (exact) mass is 312 g/mol. The first-order valence-corrected chi connectivity index (χ1v) is 8.78. The molecule has 0 saturated heterocycles. The van der Waals surface area contributed by atoms with Crippen LogP contribution in [0.3, 0.4) is 0 Å². The summed E-state index contributed by atoms with van der Waals surface area (Å²) in [7, 11) is 0. The van der Waals surface area contributed by atoms with Crippen molar-refractivity contribution in [1.82, 2.24) is 5.32 Å². The van der Waals surface area contributed by atoms with Crippen LogP contribution in [0.25, 0.3) is 0 Å². The Bertz CT molecular complexity index is 663. The Labute approximate surface area is 136 Å². The molecule has 1 spiro atoms. The Morgan fingerprint density at radius 2 is 1.83 bits per heavy atom. The Kier molecular flexibility index (Phi) is 3.26. The van der Waals surface area contributed by atoms with Gasteiger partial charge in [-0.3, -0.25) is 9.59 Å². The standard InChI is InChI=1S/C19H24N2O2/c20-17(23)19(10-3-4-11-19)21-16(22)15-12-18(15)9-5-7-13-6-1-2-8-14(13)18/h1-2,6,8,15H,3-5,7,9-12H2,(H2,20,23)(H,21,22)/t15-,18+/m0/s1. The minimum Gasteiger partial charge on any atom is -0.368 e. The Hall–Kier alpha value is -1.84. The maximum Gasteiger partial charge on any atom is 0.243 e. The Morgan fingerprint density at radius 3 is 2.57 bits per heavy atom. The fraction of sp³-hybridized carbons (Fsp3) is 0.579. The zero-order valence-corrected chi connectivity index (χ0v) is 13.4. The Balaban J connectivity index is 1.55. The average molecular weight is 312 g/mol. The van der Waals surface area contributed by atoms with Crippen LogP contribution in [0.4, 0.5) is 0 Å². The van der Waals surface area contributed by atoms with Gasteiger partial charge in [-0.05, 0) is 49.7 Å². The van der Waals surface area contributed by atoms with Gasteiger partial charge in [0.05, 0.1) is 0 Å². The zero-order chi connectivity index (χ0) is 16.1. The molecule has 0 bridgehead atoms. The quantitative estimate of drug-likeness (QED) is 0.898. The highest BCUT2D eigenvalue weighted by atomic mass is 16.2. The predicted octanol–water partition coefficient (Wildman–Crippen LogP) is 2.19. The second-order valence-electron chi connectivity index (χ2n) is 7.57. The van der Waals surface area contributed by atoms with E-state index < -0.39 is 5.54 Å². The largest absolute Gasteiger partial charge is 0.368 e. The van der Waals surface area contributed by atoms with Gasteiger partial charge in [-0.25, -0.2) is 0 Å². The number of primary amides is 1. The van der Waals surface area contributed by atoms with Crippen LogP contribution in [0.1, 0.15) is 56.1 Å². The number of nitrogens with two attached hydrogens (primary N) is 1. The van der Waals surface area contributed by atoms with Crippen LogP contribution < -0.4 is 11.1 Å². The molecular weight excluding hydrogens is 288 g/mol. The van der Waals surface area contributed by atoms with E-state index in [0.717, 1.165) is 38.5 Å². The maximum atomic E-state index is 12.8. The number of carbonyl (C=O) groups excluding carboxylic acids is 2. The van der Waals surface area contributed by atoms with Crippen molar-refractivity contribution in [3.8, 4) is 0 Å². The molecule has 0 radical (unpaired) electrons. The minimum atomic E-state index is -0.797. The number of hydrogen-bond acceptors (Lipinski definition) is 2. The van der Waals surface area contributed by atoms with Crippen molar-refractivity contribution in [3.05, 3.63) is 35.4 Å². The second-order valence-corrected chi connectivity index (χ2v) is 7.57. The molecule has 0 heterocycles. The van der Waals surface area contributed by atoms with Crippen LogP contribution in [-0.4, -0.2) is 17.4 Å². The van der Waals surface area contributed by atoms with Crippen molar-refractivity contribution >= 4 is 11.8 Å². The summed E-state index contributed by atoms with van der Waals surface area (Å²) >= 11 is 0. The van der Waals surface area contributed by atoms with Crippen molar-refractivity contribution in [2.75, 3.05) is 0 Å². The van der Waals surface area contributed by atoms with Crippen LogP contribution in [0, 0.1) is 5.92 Å². The summed E-state index contributed by atoms with van der Waals surface area (Å²) in [5.74, 6) is -0.342. The zero-order valence-electron chi connectivity index (χ0n) is 13.4. The van der Waals surface area contributed by atoms with E-state index in [2.05, 4.69) is 29.6 Å². The molecule has 2 amide bonds. The summed E-state index contributed by atoms with van der Waals surface area (Å²) in [4.78, 5) is 24.7. The second kappa shape index (κ2) is 5.08. The number of benzene rings is 1. The van der Waals surface area contributed by atoms with Gasteiger partial charge < -0.3 is 11.1 Å². The molecule has 23 heavy (non-hydrogen) atoms. The molecule has 2 fully saturated rings. The molecule has 0 aliphatic heterocycles. The van der Waals surface area contributed by atoms with Crippen molar-refractivity contribution in [2.45, 2.75) is 62.3 Å². The fourth-order valence-electron chi connectivity index (χ4n) is 4.91. The van der Waals surface area contributed by atoms with Gasteiger partial charge in [0, 0.05) is 11.3 Å². The van der Waals surface area contributed by atoms with E-state index in [1.165, 1.54) is 11.1 Å². The third kappa shape index (κ3) is 2.19. The summed E-state index contributed by atoms with van der Waals surface area (Å²) in [6.45, 7) is 0. The lowest BCUT2D eigenvalue weighted by atomic mass is 9.78. The molecule has 4 nitrogen and oxygen atoms in total. The summed E-state index contributed by atoms with van der Waals surface area (Å²) < 4.78 is 0. The van der Waals surface area contributed by atoms with Gasteiger partial charge in [0.25, 0.3) is 0 Å². The highest BCUT2D eigenvalue weighted by molar-refractivity contribution is 5.93. The number of fused-ring (bicyclic) bond motifs is 2. The molecule has 2 atom stereocenters. The van der Waals surface area contributed by atoms with E-state index in [0.29, 0.717) is 12.8 Å². The third-order valence-corrected chi connectivity index (χ3v) is 6.31. The number of aryl methyl sites for hydroxylation is 1. The summed E-state index contributed by atoms with van der Waals surface area (Å²) in [6, 6.07) is 8.52. The normalized spacial score (nSPS) is 30.7. The third-order valence-electron chi connectivity index (χ3n) is 6.31. The summed E-state index contributed by atoms with van der Waals surface area (Å²) in [5.41, 5.74) is 7.55. The van der Waals surface area contributed by atoms with Gasteiger partial charge in [0.1, 0.15) is 5.54 Å². The lowest BCUT2D eigenvalue weighted by Gasteiger charge is -2.29. The average Bonchev–Trinajstić information content (AvgIpc) is 3.05. The van der Waals surface area contributed by atoms with Gasteiger partial charge in [-0.15, -0.1) is 0 Å². The molecule has 1 aromatic rings. The van der Waals surface area contributed by atoms with Crippen LogP contribution in [0.15, 0.2) is 24.3 Å². The van der Waals surface area contributed by atoms with E-state index in [-0.39, 0.29) is 23.1 Å². The van der Waals surface area contributed by atoms with Crippen molar-refractivity contribution in [2.24, 2.45) is 11.7 Å². The highest BCUT2D eigenvalue weighted by Crippen LogP contribution is 2.60. The van der Waals surface area contributed by atoms with E-state index in [1.54, 1.807) is 0 Å². The molecule has 0 unspecified atom stereocenters. The van der Waals surface area contributed by atoms with E-state index in [1.807, 2.05) is 0 Å². The summed E-state index contributed by atoms with van der Waals surface area (Å²) in [5, 5.41) is 3.04. The minimum absolute atomic E-state index is 0.000718. The first kappa shape index (κ1) is 14.7. The van der Waals surface area contributed by atoms with Crippen LogP contribution in [0.2, 0.25) is 0 Å². The number of rotatable bonds is 3. The molecule has 2 saturated carbocycles. The van der Waals surface area contributed by atoms with E-state index in [4.69, 9.17) is 5.73 Å². The van der Waals surface area contributed by atoms with Crippen molar-refractivity contribution < 1.29 is 9.59 Å². The molecule has 3 aliphatic carbocycles. The highest BCUT2D eigenvalue weighted by Gasteiger charge is 2.61. The lowest BCUT2D eigenvalue weighted by Crippen LogP contribution is -2.56. The molecular formula is C19H24N2O2. The van der Waals surface area contributed by atoms with Crippen molar-refractivity contribution in [1.29, 1.82) is 0 Å². The number of amides is 2. The Morgan fingerprint density at radius 1 is 1.09 bits per heavy atom. The van der Waals surface area contributed by atoms with Crippen LogP contribution in [-0.2, 0) is 21.4 Å². The first-order valence-electron chi connectivity index (χ1n) is 8.78. The van der Waals surface area contributed by atoms with Gasteiger partial charge in [0.2, 0.25) is 11.8 Å². The fourth-order valence-corrected chi connectivity index (χ4v) is 4.91. The van der Waals surface area contributed by atoms with Crippen LogP contribution in [0.5, 0.6) is 0 Å². The summed E-state index contributed by atoms with van der Waals surface area (Å²) in [6.07, 6.45) is 7.52. The predicted molar refractivity (Wildman–Crippen MR) is 87.7 cm³/mol. The number of nitrogens with one attached hydrogen (secondary N) is 1. The van der Waals surface area contributed by atoms with E-state index in [9.17, 15) is 9.59 Å². The van der Waals surface area contributed by atoms with Gasteiger partial charge in [-0.1, -0.05) is 37.1 Å². The van der Waals surface area contributed by atoms with E-state index >= 15 is 0 Å². The number of carbonyl (C=O) groups is 2. The van der Waals surface area contributed by atoms with Crippen molar-refractivity contribution in [3.63, 3.8) is 0 Å². The molecule has 122 valence electrons. The smallest absolute Gasteiger partial charge is 0.243 e. The van der Waals surface area contributed by atoms with Gasteiger partial charge >= 0.3 is 0 Å². The lowest BCUT2D eigenvalue weighted by molar-refractivity contribution is -0.132. The van der Waals surface area contributed by atoms with Gasteiger partial charge in [0.15, 0.2) is 0 Å². The molecule has 4 rings (SSSR count). The molecule has 0 aromatic heterocycles. The molecule has 1 aromatic carbocycles. The SMILES string of the molecule is NC(=O)C1(NC(=O)[C@@H]2C[C@@]23CCCc2ccccc23)CCCC1. The first-order chi connectivity index (χ1) is 11.1. The number of hydrogen-bond donors (Lipinski definition) is 2. The molecule has 3 aliphatic rings. The van der Waals surface area contributed by atoms with Crippen LogP contribution >= 0.6 is 0 Å².